The van der Waals surface area contributed by atoms with Gasteiger partial charge in [0.05, 0.1) is 30.2 Å². The lowest BCUT2D eigenvalue weighted by atomic mass is 10.1. The second-order valence-corrected chi connectivity index (χ2v) is 11.0. The Bertz CT molecular complexity index is 1640. The van der Waals surface area contributed by atoms with Crippen LogP contribution in [0.4, 0.5) is 11.4 Å². The standard InChI is InChI=1S/C33H30ClN3O5S/c1-21(31(38)36-28-15-8-7-14-27(28)34)43-26-13-9-12-24(20-26)35-33(40)29(37-32(39)22-10-5-4-6-11-22)19-23-18-25(41-2)16-17-30(23)42-3/h4-21H,1-3H3,(H,35,40)(H,36,38)(H,37,39)/b29-19+. The van der Waals surface area contributed by atoms with Crippen molar-refractivity contribution in [2.24, 2.45) is 0 Å². The number of carbonyl (C=O) groups excluding carboxylic acids is 3. The minimum atomic E-state index is -0.555. The number of para-hydroxylation sites is 1. The van der Waals surface area contributed by atoms with Crippen LogP contribution in [0.25, 0.3) is 6.08 Å². The molecule has 0 aliphatic rings. The van der Waals surface area contributed by atoms with Crippen molar-refractivity contribution < 1.29 is 23.9 Å². The van der Waals surface area contributed by atoms with E-state index >= 15 is 0 Å². The molecule has 10 heteroatoms. The molecule has 3 N–H and O–H groups in total. The molecule has 4 rings (SSSR count). The second-order valence-electron chi connectivity index (χ2n) is 9.20. The number of carbonyl (C=O) groups is 3. The number of amides is 3. The van der Waals surface area contributed by atoms with Crippen LogP contribution < -0.4 is 25.4 Å². The van der Waals surface area contributed by atoms with E-state index < -0.39 is 17.1 Å². The molecule has 1 atom stereocenters. The van der Waals surface area contributed by atoms with E-state index in [1.807, 2.05) is 6.07 Å². The number of ether oxygens (including phenoxy) is 2. The molecule has 0 aromatic heterocycles. The summed E-state index contributed by atoms with van der Waals surface area (Å²) in [6.07, 6.45) is 1.53. The number of thioether (sulfide) groups is 1. The number of anilines is 2. The third-order valence-corrected chi connectivity index (χ3v) is 7.59. The fourth-order valence-corrected chi connectivity index (χ4v) is 5.06. The van der Waals surface area contributed by atoms with Crippen molar-refractivity contribution in [1.82, 2.24) is 5.32 Å². The van der Waals surface area contributed by atoms with Gasteiger partial charge in [-0.3, -0.25) is 14.4 Å². The molecule has 8 nitrogen and oxygen atoms in total. The van der Waals surface area contributed by atoms with E-state index in [0.717, 1.165) is 4.90 Å². The van der Waals surface area contributed by atoms with Crippen LogP contribution >= 0.6 is 23.4 Å². The van der Waals surface area contributed by atoms with Gasteiger partial charge in [-0.15, -0.1) is 11.8 Å². The lowest BCUT2D eigenvalue weighted by Gasteiger charge is -2.15. The molecule has 0 spiro atoms. The van der Waals surface area contributed by atoms with Gasteiger partial charge >= 0.3 is 0 Å². The molecule has 0 heterocycles. The fourth-order valence-electron chi connectivity index (χ4n) is 3.95. The monoisotopic (exact) mass is 615 g/mol. The number of nitrogens with one attached hydrogen (secondary N) is 3. The summed E-state index contributed by atoms with van der Waals surface area (Å²) in [6, 6.07) is 27.8. The molecule has 0 aliphatic carbocycles. The molecular weight excluding hydrogens is 586 g/mol. The van der Waals surface area contributed by atoms with Crippen molar-refractivity contribution in [3.8, 4) is 11.5 Å². The summed E-state index contributed by atoms with van der Waals surface area (Å²) in [5.74, 6) is -0.179. The summed E-state index contributed by atoms with van der Waals surface area (Å²) >= 11 is 7.50. The van der Waals surface area contributed by atoms with Crippen LogP contribution in [0.1, 0.15) is 22.8 Å². The van der Waals surface area contributed by atoms with Gasteiger partial charge in [0.1, 0.15) is 17.2 Å². The van der Waals surface area contributed by atoms with Crippen molar-refractivity contribution in [3.05, 3.63) is 119 Å². The lowest BCUT2D eigenvalue weighted by Crippen LogP contribution is -2.30. The summed E-state index contributed by atoms with van der Waals surface area (Å²) in [4.78, 5) is 40.1. The van der Waals surface area contributed by atoms with Crippen LogP contribution in [-0.4, -0.2) is 37.2 Å². The van der Waals surface area contributed by atoms with Crippen LogP contribution in [-0.2, 0) is 9.59 Å². The van der Waals surface area contributed by atoms with E-state index in [2.05, 4.69) is 16.0 Å². The molecule has 4 aromatic carbocycles. The Morgan fingerprint density at radius 1 is 0.837 bits per heavy atom. The average molecular weight is 616 g/mol. The minimum absolute atomic E-state index is 0.00838. The van der Waals surface area contributed by atoms with Gasteiger partial charge in [0, 0.05) is 21.7 Å². The Morgan fingerprint density at radius 2 is 1.58 bits per heavy atom. The molecule has 0 aliphatic heterocycles. The van der Waals surface area contributed by atoms with Crippen LogP contribution in [0.15, 0.2) is 108 Å². The number of rotatable bonds is 11. The van der Waals surface area contributed by atoms with E-state index in [4.69, 9.17) is 21.1 Å². The lowest BCUT2D eigenvalue weighted by molar-refractivity contribution is -0.115. The zero-order valence-corrected chi connectivity index (χ0v) is 25.3. The topological polar surface area (TPSA) is 106 Å². The van der Waals surface area contributed by atoms with Crippen LogP contribution in [0.3, 0.4) is 0 Å². The summed E-state index contributed by atoms with van der Waals surface area (Å²) in [7, 11) is 3.05. The predicted octanol–water partition coefficient (Wildman–Crippen LogP) is 6.89. The maximum absolute atomic E-state index is 13.6. The first-order valence-corrected chi connectivity index (χ1v) is 14.5. The van der Waals surface area contributed by atoms with E-state index in [1.54, 1.807) is 97.9 Å². The molecule has 43 heavy (non-hydrogen) atoms. The number of hydrogen-bond acceptors (Lipinski definition) is 6. The molecular formula is C33H30ClN3O5S. The van der Waals surface area contributed by atoms with E-state index in [-0.39, 0.29) is 11.6 Å². The van der Waals surface area contributed by atoms with Crippen molar-refractivity contribution in [2.45, 2.75) is 17.1 Å². The van der Waals surface area contributed by atoms with Crippen LogP contribution in [0.5, 0.6) is 11.5 Å². The first-order valence-electron chi connectivity index (χ1n) is 13.2. The van der Waals surface area contributed by atoms with Gasteiger partial charge in [0.25, 0.3) is 11.8 Å². The quantitative estimate of drug-likeness (QED) is 0.125. The van der Waals surface area contributed by atoms with Gasteiger partial charge in [-0.2, -0.15) is 0 Å². The number of halogens is 1. The van der Waals surface area contributed by atoms with Crippen LogP contribution in [0.2, 0.25) is 5.02 Å². The Balaban J connectivity index is 1.54. The highest BCUT2D eigenvalue weighted by Crippen LogP contribution is 2.29. The summed E-state index contributed by atoms with van der Waals surface area (Å²) < 4.78 is 10.8. The summed E-state index contributed by atoms with van der Waals surface area (Å²) in [6.45, 7) is 1.78. The SMILES string of the molecule is COc1ccc(OC)c(/C=C(/NC(=O)c2ccccc2)C(=O)Nc2cccc(SC(C)C(=O)Nc3ccccc3Cl)c2)c1. The third-order valence-electron chi connectivity index (χ3n) is 6.17. The van der Waals surface area contributed by atoms with Gasteiger partial charge < -0.3 is 25.4 Å². The zero-order valence-electron chi connectivity index (χ0n) is 23.7. The van der Waals surface area contributed by atoms with Gasteiger partial charge in [-0.05, 0) is 73.7 Å². The van der Waals surface area contributed by atoms with Crippen molar-refractivity contribution >= 4 is 58.5 Å². The number of benzene rings is 4. The first kappa shape index (κ1) is 31.2. The number of methoxy groups -OCH3 is 2. The Morgan fingerprint density at radius 3 is 2.30 bits per heavy atom. The smallest absolute Gasteiger partial charge is 0.272 e. The summed E-state index contributed by atoms with van der Waals surface area (Å²) in [5.41, 5.74) is 1.92. The zero-order chi connectivity index (χ0) is 30.8. The molecule has 0 bridgehead atoms. The van der Waals surface area contributed by atoms with E-state index in [9.17, 15) is 14.4 Å². The fraction of sp³-hybridized carbons (Fsp3) is 0.121. The predicted molar refractivity (Wildman–Crippen MR) is 172 cm³/mol. The Kier molecular flexibility index (Phi) is 10.9. The van der Waals surface area contributed by atoms with E-state index in [0.29, 0.717) is 39.0 Å². The van der Waals surface area contributed by atoms with Gasteiger partial charge in [0.2, 0.25) is 5.91 Å². The molecule has 1 unspecified atom stereocenters. The van der Waals surface area contributed by atoms with Crippen molar-refractivity contribution in [1.29, 1.82) is 0 Å². The highest BCUT2D eigenvalue weighted by Gasteiger charge is 2.19. The molecule has 4 aromatic rings. The van der Waals surface area contributed by atoms with Gasteiger partial charge in [0.15, 0.2) is 0 Å². The average Bonchev–Trinajstić information content (AvgIpc) is 3.02. The Hall–Kier alpha value is -4.73. The third kappa shape index (κ3) is 8.64. The maximum atomic E-state index is 13.6. The normalized spacial score (nSPS) is 11.7. The molecule has 0 fully saturated rings. The highest BCUT2D eigenvalue weighted by molar-refractivity contribution is 8.00. The van der Waals surface area contributed by atoms with Crippen molar-refractivity contribution in [3.63, 3.8) is 0 Å². The largest absolute Gasteiger partial charge is 0.497 e. The maximum Gasteiger partial charge on any atom is 0.272 e. The highest BCUT2D eigenvalue weighted by atomic mass is 35.5. The van der Waals surface area contributed by atoms with Gasteiger partial charge in [-0.1, -0.05) is 48.0 Å². The first-order chi connectivity index (χ1) is 20.8. The minimum Gasteiger partial charge on any atom is -0.497 e. The molecule has 0 radical (unpaired) electrons. The Labute approximate surface area is 259 Å². The van der Waals surface area contributed by atoms with E-state index in [1.165, 1.54) is 32.1 Å². The second kappa shape index (κ2) is 14.9. The number of hydrogen-bond donors (Lipinski definition) is 3. The molecule has 3 amide bonds. The van der Waals surface area contributed by atoms with Crippen LogP contribution in [0, 0.1) is 0 Å². The molecule has 0 saturated carbocycles. The van der Waals surface area contributed by atoms with Crippen molar-refractivity contribution in [2.75, 3.05) is 24.9 Å². The molecule has 220 valence electrons. The summed E-state index contributed by atoms with van der Waals surface area (Å²) in [5, 5.41) is 8.41. The van der Waals surface area contributed by atoms with Gasteiger partial charge in [-0.25, -0.2) is 0 Å². The molecule has 0 saturated heterocycles.